The molecule has 1 N–H and O–H groups in total. The van der Waals surface area contributed by atoms with Gasteiger partial charge in [-0.3, -0.25) is 0 Å². The highest BCUT2D eigenvalue weighted by atomic mass is 32.2. The number of thioether (sulfide) groups is 1. The van der Waals surface area contributed by atoms with E-state index >= 15 is 0 Å². The Bertz CT molecular complexity index is 266. The summed E-state index contributed by atoms with van der Waals surface area (Å²) in [5.41, 5.74) is 1.26. The molecule has 0 fully saturated rings. The number of nitrogens with zero attached hydrogens (tertiary/aromatic N) is 1. The second-order valence-electron chi connectivity index (χ2n) is 3.75. The third kappa shape index (κ3) is 4.90. The van der Waals surface area contributed by atoms with Crippen LogP contribution in [0.3, 0.4) is 0 Å². The van der Waals surface area contributed by atoms with E-state index in [2.05, 4.69) is 35.4 Å². The van der Waals surface area contributed by atoms with Crippen LogP contribution in [0, 0.1) is 0 Å². The first-order valence-electron chi connectivity index (χ1n) is 5.78. The summed E-state index contributed by atoms with van der Waals surface area (Å²) < 4.78 is 0. The van der Waals surface area contributed by atoms with Crippen LogP contribution in [0.15, 0.2) is 30.3 Å². The number of hydrogen-bond acceptors (Lipinski definition) is 3. The van der Waals surface area contributed by atoms with Gasteiger partial charge in [-0.05, 0) is 37.0 Å². The van der Waals surface area contributed by atoms with Crippen molar-refractivity contribution in [3.05, 3.63) is 30.3 Å². The van der Waals surface area contributed by atoms with E-state index < -0.39 is 0 Å². The minimum Gasteiger partial charge on any atom is -0.396 e. The first kappa shape index (κ1) is 13.4. The van der Waals surface area contributed by atoms with Gasteiger partial charge < -0.3 is 10.0 Å². The summed E-state index contributed by atoms with van der Waals surface area (Å²) in [6, 6.07) is 10.4. The Hall–Kier alpha value is -0.670. The van der Waals surface area contributed by atoms with Crippen molar-refractivity contribution in [2.75, 3.05) is 36.6 Å². The van der Waals surface area contributed by atoms with Gasteiger partial charge in [-0.2, -0.15) is 11.8 Å². The van der Waals surface area contributed by atoms with Crippen LogP contribution >= 0.6 is 11.8 Å². The SMILES string of the molecule is CSCCCN(CCCO)c1ccccc1. The zero-order valence-corrected chi connectivity index (χ0v) is 10.7. The molecule has 0 saturated heterocycles. The van der Waals surface area contributed by atoms with Crippen LogP contribution in [-0.2, 0) is 0 Å². The molecule has 0 unspecified atom stereocenters. The molecule has 1 rings (SSSR count). The lowest BCUT2D eigenvalue weighted by atomic mass is 10.2. The number of para-hydroxylation sites is 1. The van der Waals surface area contributed by atoms with Crippen molar-refractivity contribution in [3.63, 3.8) is 0 Å². The van der Waals surface area contributed by atoms with E-state index in [0.29, 0.717) is 0 Å². The highest BCUT2D eigenvalue weighted by molar-refractivity contribution is 7.98. The number of rotatable bonds is 8. The van der Waals surface area contributed by atoms with Gasteiger partial charge in [0, 0.05) is 25.4 Å². The van der Waals surface area contributed by atoms with Gasteiger partial charge in [0.05, 0.1) is 0 Å². The Labute approximate surface area is 103 Å². The van der Waals surface area contributed by atoms with Crippen LogP contribution in [0.2, 0.25) is 0 Å². The lowest BCUT2D eigenvalue weighted by Gasteiger charge is -2.24. The molecule has 0 heterocycles. The van der Waals surface area contributed by atoms with E-state index in [1.54, 1.807) is 0 Å². The monoisotopic (exact) mass is 239 g/mol. The molecule has 0 amide bonds. The summed E-state index contributed by atoms with van der Waals surface area (Å²) in [5, 5.41) is 8.90. The van der Waals surface area contributed by atoms with E-state index in [9.17, 15) is 0 Å². The van der Waals surface area contributed by atoms with E-state index in [0.717, 1.165) is 19.5 Å². The summed E-state index contributed by atoms with van der Waals surface area (Å²) in [4.78, 5) is 2.35. The molecule has 2 nitrogen and oxygen atoms in total. The Morgan fingerprint density at radius 1 is 1.12 bits per heavy atom. The molecule has 0 radical (unpaired) electrons. The van der Waals surface area contributed by atoms with Crippen LogP contribution < -0.4 is 4.90 Å². The topological polar surface area (TPSA) is 23.5 Å². The highest BCUT2D eigenvalue weighted by Crippen LogP contribution is 2.14. The summed E-state index contributed by atoms with van der Waals surface area (Å²) in [7, 11) is 0. The quantitative estimate of drug-likeness (QED) is 0.705. The van der Waals surface area contributed by atoms with Crippen LogP contribution in [0.1, 0.15) is 12.8 Å². The molecule has 0 spiro atoms. The standard InChI is InChI=1S/C13H21NOS/c1-16-12-6-10-14(9-5-11-15)13-7-3-2-4-8-13/h2-4,7-8,15H,5-6,9-12H2,1H3. The maximum Gasteiger partial charge on any atom is 0.0447 e. The Balaban J connectivity index is 2.49. The molecule has 0 aliphatic heterocycles. The maximum atomic E-state index is 8.90. The van der Waals surface area contributed by atoms with E-state index in [-0.39, 0.29) is 6.61 Å². The number of anilines is 1. The van der Waals surface area contributed by atoms with Crippen LogP contribution in [0.5, 0.6) is 0 Å². The number of aliphatic hydroxyl groups is 1. The van der Waals surface area contributed by atoms with Crippen molar-refractivity contribution in [3.8, 4) is 0 Å². The molecule has 1 aromatic rings. The predicted molar refractivity (Wildman–Crippen MR) is 73.4 cm³/mol. The summed E-state index contributed by atoms with van der Waals surface area (Å²) in [6.45, 7) is 2.28. The Kier molecular flexibility index (Phi) is 7.10. The van der Waals surface area contributed by atoms with Crippen molar-refractivity contribution in [1.29, 1.82) is 0 Å². The van der Waals surface area contributed by atoms with Gasteiger partial charge in [0.25, 0.3) is 0 Å². The lowest BCUT2D eigenvalue weighted by Crippen LogP contribution is -2.26. The average Bonchev–Trinajstić information content (AvgIpc) is 2.35. The van der Waals surface area contributed by atoms with Gasteiger partial charge >= 0.3 is 0 Å². The number of benzene rings is 1. The summed E-state index contributed by atoms with van der Waals surface area (Å²) >= 11 is 1.89. The smallest absolute Gasteiger partial charge is 0.0447 e. The van der Waals surface area contributed by atoms with Crippen molar-refractivity contribution >= 4 is 17.4 Å². The second-order valence-corrected chi connectivity index (χ2v) is 4.73. The fourth-order valence-electron chi connectivity index (χ4n) is 1.67. The molecular formula is C13H21NOS. The Morgan fingerprint density at radius 3 is 2.44 bits per heavy atom. The zero-order valence-electron chi connectivity index (χ0n) is 9.93. The minimum absolute atomic E-state index is 0.270. The van der Waals surface area contributed by atoms with Crippen molar-refractivity contribution in [2.24, 2.45) is 0 Å². The van der Waals surface area contributed by atoms with Gasteiger partial charge in [-0.25, -0.2) is 0 Å². The van der Waals surface area contributed by atoms with Gasteiger partial charge in [-0.1, -0.05) is 18.2 Å². The van der Waals surface area contributed by atoms with E-state index in [1.807, 2.05) is 17.8 Å². The Morgan fingerprint density at radius 2 is 1.81 bits per heavy atom. The number of hydrogen-bond donors (Lipinski definition) is 1. The van der Waals surface area contributed by atoms with Crippen LogP contribution in [0.4, 0.5) is 5.69 Å². The molecule has 3 heteroatoms. The van der Waals surface area contributed by atoms with Crippen LogP contribution in [-0.4, -0.2) is 36.8 Å². The molecule has 0 aliphatic carbocycles. The summed E-state index contributed by atoms with van der Waals surface area (Å²) in [6.07, 6.45) is 4.18. The predicted octanol–water partition coefficient (Wildman–Crippen LogP) is 2.63. The fraction of sp³-hybridized carbons (Fsp3) is 0.538. The van der Waals surface area contributed by atoms with Gasteiger partial charge in [0.1, 0.15) is 0 Å². The maximum absolute atomic E-state index is 8.90. The molecule has 0 bridgehead atoms. The summed E-state index contributed by atoms with van der Waals surface area (Å²) in [5.74, 6) is 1.20. The minimum atomic E-state index is 0.270. The van der Waals surface area contributed by atoms with Gasteiger partial charge in [0.15, 0.2) is 0 Å². The van der Waals surface area contributed by atoms with Gasteiger partial charge in [0.2, 0.25) is 0 Å². The lowest BCUT2D eigenvalue weighted by molar-refractivity contribution is 0.289. The first-order valence-corrected chi connectivity index (χ1v) is 7.17. The molecule has 0 aromatic heterocycles. The normalized spacial score (nSPS) is 10.4. The largest absolute Gasteiger partial charge is 0.396 e. The molecule has 0 saturated carbocycles. The zero-order chi connectivity index (χ0) is 11.6. The average molecular weight is 239 g/mol. The molecular weight excluding hydrogens is 218 g/mol. The van der Waals surface area contributed by atoms with Crippen molar-refractivity contribution in [2.45, 2.75) is 12.8 Å². The third-order valence-corrected chi connectivity index (χ3v) is 3.18. The third-order valence-electron chi connectivity index (χ3n) is 2.48. The van der Waals surface area contributed by atoms with E-state index in [1.165, 1.54) is 17.9 Å². The molecule has 1 aromatic carbocycles. The molecule has 0 atom stereocenters. The molecule has 0 aliphatic rings. The van der Waals surface area contributed by atoms with Crippen molar-refractivity contribution < 1.29 is 5.11 Å². The first-order chi connectivity index (χ1) is 7.88. The second kappa shape index (κ2) is 8.48. The molecule has 90 valence electrons. The fourth-order valence-corrected chi connectivity index (χ4v) is 2.09. The molecule has 16 heavy (non-hydrogen) atoms. The van der Waals surface area contributed by atoms with E-state index in [4.69, 9.17) is 5.11 Å². The van der Waals surface area contributed by atoms with Crippen LogP contribution in [0.25, 0.3) is 0 Å². The van der Waals surface area contributed by atoms with Gasteiger partial charge in [-0.15, -0.1) is 0 Å². The van der Waals surface area contributed by atoms with Crippen molar-refractivity contribution in [1.82, 2.24) is 0 Å². The number of aliphatic hydroxyl groups excluding tert-OH is 1. The highest BCUT2D eigenvalue weighted by Gasteiger charge is 2.04.